The number of nitrogens with one attached hydrogen (secondary N) is 1. The van der Waals surface area contributed by atoms with Crippen molar-refractivity contribution in [2.24, 2.45) is 0 Å². The Morgan fingerprint density at radius 2 is 1.62 bits per heavy atom. The van der Waals surface area contributed by atoms with Crippen LogP contribution in [0.3, 0.4) is 0 Å². The van der Waals surface area contributed by atoms with Crippen molar-refractivity contribution in [3.8, 4) is 5.69 Å². The van der Waals surface area contributed by atoms with E-state index in [0.29, 0.717) is 35.1 Å². The monoisotopic (exact) mass is 777 g/mol. The molecule has 4 aliphatic heterocycles. The number of amides is 2. The van der Waals surface area contributed by atoms with Crippen molar-refractivity contribution in [2.45, 2.75) is 63.3 Å². The zero-order valence-electron chi connectivity index (χ0n) is 31.3. The van der Waals surface area contributed by atoms with Crippen molar-refractivity contribution in [1.82, 2.24) is 24.8 Å². The van der Waals surface area contributed by atoms with Crippen LogP contribution >= 0.6 is 11.6 Å². The van der Waals surface area contributed by atoms with Crippen LogP contribution in [-0.4, -0.2) is 70.5 Å². The molecular weight excluding hydrogens is 736 g/mol. The summed E-state index contributed by atoms with van der Waals surface area (Å²) in [5.74, 6) is -1.52. The number of fused-ring (bicyclic) bond motifs is 5. The normalized spacial score (nSPS) is 20.0. The summed E-state index contributed by atoms with van der Waals surface area (Å²) in [6.45, 7) is 9.39. The third-order valence-corrected chi connectivity index (χ3v) is 12.6. The van der Waals surface area contributed by atoms with Crippen LogP contribution in [0.15, 0.2) is 71.7 Å². The van der Waals surface area contributed by atoms with Gasteiger partial charge in [0, 0.05) is 69.7 Å². The third kappa shape index (κ3) is 6.32. The number of hydrogen-bond donors (Lipinski definition) is 1. The first kappa shape index (κ1) is 36.4. The Morgan fingerprint density at radius 1 is 0.875 bits per heavy atom. The number of anilines is 2. The molecule has 5 aromatic rings. The van der Waals surface area contributed by atoms with Crippen LogP contribution in [-0.2, 0) is 21.5 Å². The molecule has 9 rings (SSSR count). The number of aromatic nitrogens is 3. The van der Waals surface area contributed by atoms with Crippen LogP contribution in [0.1, 0.15) is 79.4 Å². The van der Waals surface area contributed by atoms with Gasteiger partial charge in [-0.2, -0.15) is 4.98 Å². The molecule has 3 saturated heterocycles. The van der Waals surface area contributed by atoms with Gasteiger partial charge in [-0.15, -0.1) is 0 Å². The Kier molecular flexibility index (Phi) is 9.16. The highest BCUT2D eigenvalue weighted by molar-refractivity contribution is 6.35. The van der Waals surface area contributed by atoms with E-state index in [4.69, 9.17) is 16.6 Å². The van der Waals surface area contributed by atoms with Crippen LogP contribution in [0, 0.1) is 11.6 Å². The summed E-state index contributed by atoms with van der Waals surface area (Å²) in [5.41, 5.74) is 4.84. The zero-order chi connectivity index (χ0) is 38.9. The van der Waals surface area contributed by atoms with E-state index >= 15 is 8.78 Å². The van der Waals surface area contributed by atoms with Gasteiger partial charge in [0.1, 0.15) is 23.3 Å². The number of nitrogens with zero attached hydrogens (tertiary/aromatic N) is 6. The molecule has 4 aliphatic rings. The zero-order valence-corrected chi connectivity index (χ0v) is 32.1. The Balaban J connectivity index is 0.812. The van der Waals surface area contributed by atoms with Crippen molar-refractivity contribution < 1.29 is 18.4 Å². The lowest BCUT2D eigenvalue weighted by atomic mass is 9.83. The predicted octanol–water partition coefficient (Wildman–Crippen LogP) is 6.58. The molecule has 2 amide bonds. The summed E-state index contributed by atoms with van der Waals surface area (Å²) in [5, 5.41) is 3.05. The first-order valence-corrected chi connectivity index (χ1v) is 19.7. The summed E-state index contributed by atoms with van der Waals surface area (Å²) < 4.78 is 32.4. The summed E-state index contributed by atoms with van der Waals surface area (Å²) in [4.78, 5) is 52.8. The number of benzene rings is 3. The van der Waals surface area contributed by atoms with Crippen LogP contribution in [0.5, 0.6) is 0 Å². The molecule has 0 bridgehead atoms. The van der Waals surface area contributed by atoms with E-state index in [-0.39, 0.29) is 24.0 Å². The number of carbonyl (C=O) groups excluding carboxylic acids is 2. The number of pyridine rings is 1. The summed E-state index contributed by atoms with van der Waals surface area (Å²) in [6, 6.07) is 19.1. The molecule has 288 valence electrons. The number of carbonyl (C=O) groups is 2. The third-order valence-electron chi connectivity index (χ3n) is 12.3. The number of piperazine rings is 1. The fraction of sp³-hybridized carbons (Fsp3) is 0.372. The lowest BCUT2D eigenvalue weighted by Crippen LogP contribution is -2.46. The van der Waals surface area contributed by atoms with Gasteiger partial charge in [-0.1, -0.05) is 35.9 Å². The highest BCUT2D eigenvalue weighted by Gasteiger charge is 2.39. The highest BCUT2D eigenvalue weighted by Crippen LogP contribution is 2.45. The fourth-order valence-corrected chi connectivity index (χ4v) is 9.39. The minimum absolute atomic E-state index is 0.0575. The number of halogens is 3. The molecule has 56 heavy (non-hydrogen) atoms. The van der Waals surface area contributed by atoms with Gasteiger partial charge in [0.15, 0.2) is 0 Å². The molecule has 3 aromatic carbocycles. The van der Waals surface area contributed by atoms with Gasteiger partial charge in [0.25, 0.3) is 5.56 Å². The molecule has 3 fully saturated rings. The van der Waals surface area contributed by atoms with E-state index in [1.165, 1.54) is 17.7 Å². The quantitative estimate of drug-likeness (QED) is 0.193. The van der Waals surface area contributed by atoms with E-state index in [9.17, 15) is 14.4 Å². The second-order valence-electron chi connectivity index (χ2n) is 16.0. The fourth-order valence-electron chi connectivity index (χ4n) is 9.14. The summed E-state index contributed by atoms with van der Waals surface area (Å²) in [6.07, 6.45) is 4.08. The van der Waals surface area contributed by atoms with E-state index in [1.54, 1.807) is 6.07 Å². The first-order valence-electron chi connectivity index (χ1n) is 19.3. The van der Waals surface area contributed by atoms with E-state index in [1.807, 2.05) is 23.2 Å². The summed E-state index contributed by atoms with van der Waals surface area (Å²) >= 11 is 6.49. The van der Waals surface area contributed by atoms with Gasteiger partial charge in [-0.3, -0.25) is 29.2 Å². The SMILES string of the molecule is CC1(C)c2ccc(C3CCN(c4ccc(CN5CCN(c6cc(F)c(C7CCC(=O)NC7=O)c(F)c6)CC5)cn4)CC3)cc2-n2c1nc(=O)c1c(Cl)cccc12. The van der Waals surface area contributed by atoms with E-state index in [0.717, 1.165) is 79.5 Å². The topological polar surface area (TPSA) is 104 Å². The van der Waals surface area contributed by atoms with Crippen molar-refractivity contribution in [1.29, 1.82) is 0 Å². The van der Waals surface area contributed by atoms with Gasteiger partial charge < -0.3 is 9.80 Å². The molecule has 6 heterocycles. The number of imide groups is 1. The van der Waals surface area contributed by atoms with Gasteiger partial charge in [-0.05, 0) is 92.1 Å². The Morgan fingerprint density at radius 3 is 2.32 bits per heavy atom. The van der Waals surface area contributed by atoms with Crippen LogP contribution in [0.4, 0.5) is 20.3 Å². The second kappa shape index (κ2) is 14.1. The minimum atomic E-state index is -1.01. The molecule has 13 heteroatoms. The lowest BCUT2D eigenvalue weighted by Gasteiger charge is -2.36. The Labute approximate surface area is 328 Å². The molecule has 0 aliphatic carbocycles. The van der Waals surface area contributed by atoms with Crippen LogP contribution in [0.2, 0.25) is 5.02 Å². The minimum Gasteiger partial charge on any atom is -0.369 e. The average molecular weight is 778 g/mol. The molecule has 0 radical (unpaired) electrons. The molecule has 1 N–H and O–H groups in total. The first-order chi connectivity index (χ1) is 27.0. The number of rotatable bonds is 6. The standard InChI is InChI=1S/C43H42ClF2N7O3/c1-43(2)30-9-7-27(20-35(30)53-34-5-3-4-31(44)39(34)41(56)49-42(43)53)26-12-14-52(15-13-26)36-10-6-25(23-47-36)24-50-16-18-51(19-17-50)28-21-32(45)38(33(46)22-28)29-8-11-37(54)48-40(29)55/h3-7,9-10,20-23,26,29H,8,11-19,24H2,1-2H3,(H,48,54,55). The Bertz CT molecular complexity index is 2430. The van der Waals surface area contributed by atoms with Crippen molar-refractivity contribution in [3.63, 3.8) is 0 Å². The molecule has 1 atom stereocenters. The van der Waals surface area contributed by atoms with Crippen molar-refractivity contribution in [2.75, 3.05) is 49.1 Å². The highest BCUT2D eigenvalue weighted by atomic mass is 35.5. The van der Waals surface area contributed by atoms with Gasteiger partial charge in [0.2, 0.25) is 11.8 Å². The maximum atomic E-state index is 15.2. The maximum absolute atomic E-state index is 15.2. The molecule has 10 nitrogen and oxygen atoms in total. The van der Waals surface area contributed by atoms with E-state index in [2.05, 4.69) is 68.8 Å². The molecule has 0 spiro atoms. The van der Waals surface area contributed by atoms with Crippen molar-refractivity contribution >= 4 is 45.8 Å². The van der Waals surface area contributed by atoms with E-state index < -0.39 is 34.8 Å². The summed E-state index contributed by atoms with van der Waals surface area (Å²) in [7, 11) is 0. The molecular formula is C43H42ClF2N7O3. The van der Waals surface area contributed by atoms with Gasteiger partial charge in [-0.25, -0.2) is 13.8 Å². The largest absolute Gasteiger partial charge is 0.369 e. The van der Waals surface area contributed by atoms with Crippen molar-refractivity contribution in [3.05, 3.63) is 122 Å². The second-order valence-corrected chi connectivity index (χ2v) is 16.4. The maximum Gasteiger partial charge on any atom is 0.282 e. The van der Waals surface area contributed by atoms with Crippen LogP contribution in [0.25, 0.3) is 16.6 Å². The average Bonchev–Trinajstić information content (AvgIpc) is 3.41. The predicted molar refractivity (Wildman–Crippen MR) is 212 cm³/mol. The smallest absolute Gasteiger partial charge is 0.282 e. The lowest BCUT2D eigenvalue weighted by molar-refractivity contribution is -0.134. The molecule has 1 unspecified atom stereocenters. The Hall–Kier alpha value is -5.20. The van der Waals surface area contributed by atoms with Crippen LogP contribution < -0.4 is 20.7 Å². The van der Waals surface area contributed by atoms with Gasteiger partial charge in [0.05, 0.1) is 32.9 Å². The number of hydrogen-bond acceptors (Lipinski definition) is 8. The number of piperidine rings is 2. The molecule has 2 aromatic heterocycles. The van der Waals surface area contributed by atoms with Gasteiger partial charge >= 0.3 is 0 Å². The molecule has 0 saturated carbocycles.